The van der Waals surface area contributed by atoms with E-state index in [9.17, 15) is 4.79 Å². The average molecular weight is 250 g/mol. The first kappa shape index (κ1) is 11.5. The maximum atomic E-state index is 10.8. The second kappa shape index (κ2) is 4.92. The van der Waals surface area contributed by atoms with Crippen LogP contribution < -0.4 is 10.1 Å². The molecule has 0 saturated heterocycles. The van der Waals surface area contributed by atoms with Crippen LogP contribution in [0.25, 0.3) is 11.3 Å². The fourth-order valence-corrected chi connectivity index (χ4v) is 1.57. The highest BCUT2D eigenvalue weighted by Crippen LogP contribution is 2.32. The molecule has 0 aliphatic rings. The van der Waals surface area contributed by atoms with E-state index in [1.165, 1.54) is 6.39 Å². The van der Waals surface area contributed by atoms with E-state index < -0.39 is 5.24 Å². The Bertz CT molecular complexity index is 526. The Morgan fingerprint density at radius 2 is 2.35 bits per heavy atom. The predicted octanol–water partition coefficient (Wildman–Crippen LogP) is 2.81. The van der Waals surface area contributed by atoms with Gasteiger partial charge in [0.1, 0.15) is 5.75 Å². The normalized spacial score (nSPS) is 10.0. The van der Waals surface area contributed by atoms with E-state index in [-0.39, 0.29) is 0 Å². The Hall–Kier alpha value is -1.95. The van der Waals surface area contributed by atoms with Crippen LogP contribution >= 0.6 is 12.6 Å². The van der Waals surface area contributed by atoms with Gasteiger partial charge >= 0.3 is 0 Å². The Balaban J connectivity index is 2.38. The van der Waals surface area contributed by atoms with Gasteiger partial charge in [-0.3, -0.25) is 4.79 Å². The van der Waals surface area contributed by atoms with Crippen molar-refractivity contribution in [2.45, 2.75) is 0 Å². The molecule has 0 atom stereocenters. The molecule has 0 unspecified atom stereocenters. The van der Waals surface area contributed by atoms with E-state index in [0.717, 1.165) is 5.56 Å². The lowest BCUT2D eigenvalue weighted by molar-refractivity contribution is 0.270. The molecule has 88 valence electrons. The van der Waals surface area contributed by atoms with Gasteiger partial charge < -0.3 is 14.5 Å². The molecule has 17 heavy (non-hydrogen) atoms. The van der Waals surface area contributed by atoms with Crippen molar-refractivity contribution in [3.63, 3.8) is 0 Å². The highest BCUT2D eigenvalue weighted by Gasteiger charge is 2.10. The Kier molecular flexibility index (Phi) is 3.34. The summed E-state index contributed by atoms with van der Waals surface area (Å²) < 4.78 is 10.4. The van der Waals surface area contributed by atoms with E-state index in [1.807, 2.05) is 0 Å². The molecule has 1 amide bonds. The molecule has 0 fully saturated rings. The number of thiol groups is 1. The molecule has 1 N–H and O–H groups in total. The smallest absolute Gasteiger partial charge is 0.280 e. The lowest BCUT2D eigenvalue weighted by atomic mass is 10.1. The largest absolute Gasteiger partial charge is 0.496 e. The zero-order valence-electron chi connectivity index (χ0n) is 9.01. The number of hydrogen-bond acceptors (Lipinski definition) is 4. The summed E-state index contributed by atoms with van der Waals surface area (Å²) in [6, 6.07) is 5.19. The standard InChI is InChI=1S/C11H10N2O3S/c1-15-9-4-7(13-11(14)17)2-3-8(9)10-5-12-6-16-10/h2-6H,1H3,(H2,13,14,17). The van der Waals surface area contributed by atoms with Gasteiger partial charge in [-0.15, -0.1) is 0 Å². The summed E-state index contributed by atoms with van der Waals surface area (Å²) >= 11 is 3.64. The number of aromatic nitrogens is 1. The van der Waals surface area contributed by atoms with Crippen molar-refractivity contribution in [1.82, 2.24) is 4.98 Å². The number of nitrogens with zero attached hydrogens (tertiary/aromatic N) is 1. The van der Waals surface area contributed by atoms with Crippen LogP contribution in [0.1, 0.15) is 0 Å². The number of methoxy groups -OCH3 is 1. The molecule has 0 bridgehead atoms. The van der Waals surface area contributed by atoms with Crippen molar-refractivity contribution >= 4 is 23.6 Å². The highest BCUT2D eigenvalue weighted by atomic mass is 32.1. The summed E-state index contributed by atoms with van der Waals surface area (Å²) in [6.45, 7) is 0. The molecular weight excluding hydrogens is 240 g/mol. The van der Waals surface area contributed by atoms with Crippen molar-refractivity contribution in [2.24, 2.45) is 0 Å². The predicted molar refractivity (Wildman–Crippen MR) is 66.5 cm³/mol. The third-order valence-corrected chi connectivity index (χ3v) is 2.26. The van der Waals surface area contributed by atoms with Crippen LogP contribution in [0.15, 0.2) is 35.2 Å². The van der Waals surface area contributed by atoms with Gasteiger partial charge in [-0.2, -0.15) is 0 Å². The number of anilines is 1. The van der Waals surface area contributed by atoms with Gasteiger partial charge in [-0.1, -0.05) is 12.6 Å². The molecule has 2 rings (SSSR count). The maximum Gasteiger partial charge on any atom is 0.280 e. The van der Waals surface area contributed by atoms with Gasteiger partial charge in [0.25, 0.3) is 5.24 Å². The van der Waals surface area contributed by atoms with Crippen molar-refractivity contribution in [2.75, 3.05) is 12.4 Å². The van der Waals surface area contributed by atoms with Crippen LogP contribution in [-0.4, -0.2) is 17.3 Å². The van der Waals surface area contributed by atoms with Crippen LogP contribution in [-0.2, 0) is 0 Å². The minimum atomic E-state index is -0.431. The minimum absolute atomic E-state index is 0.431. The third kappa shape index (κ3) is 2.59. The quantitative estimate of drug-likeness (QED) is 0.822. The second-order valence-electron chi connectivity index (χ2n) is 3.21. The number of benzene rings is 1. The molecule has 1 heterocycles. The molecular formula is C11H10N2O3S. The van der Waals surface area contributed by atoms with Gasteiger partial charge in [0.2, 0.25) is 0 Å². The number of carbonyl (C=O) groups excluding carboxylic acids is 1. The molecule has 6 heteroatoms. The van der Waals surface area contributed by atoms with E-state index >= 15 is 0 Å². The van der Waals surface area contributed by atoms with E-state index in [4.69, 9.17) is 9.15 Å². The number of ether oxygens (including phenoxy) is 1. The number of nitrogens with one attached hydrogen (secondary N) is 1. The maximum absolute atomic E-state index is 10.8. The lowest BCUT2D eigenvalue weighted by Gasteiger charge is -2.08. The third-order valence-electron chi connectivity index (χ3n) is 2.15. The number of amides is 1. The van der Waals surface area contributed by atoms with Gasteiger partial charge in [0.15, 0.2) is 12.2 Å². The van der Waals surface area contributed by atoms with Crippen molar-refractivity contribution in [3.8, 4) is 17.1 Å². The van der Waals surface area contributed by atoms with E-state index in [0.29, 0.717) is 17.2 Å². The fraction of sp³-hybridized carbons (Fsp3) is 0.0909. The Morgan fingerprint density at radius 3 is 2.94 bits per heavy atom. The molecule has 1 aromatic heterocycles. The molecule has 0 aliphatic carbocycles. The number of rotatable bonds is 3. The number of hydrogen-bond donors (Lipinski definition) is 2. The summed E-state index contributed by atoms with van der Waals surface area (Å²) in [7, 11) is 1.54. The van der Waals surface area contributed by atoms with Crippen molar-refractivity contribution in [1.29, 1.82) is 0 Å². The lowest BCUT2D eigenvalue weighted by Crippen LogP contribution is -2.01. The monoisotopic (exact) mass is 250 g/mol. The second-order valence-corrected chi connectivity index (χ2v) is 3.62. The van der Waals surface area contributed by atoms with Crippen LogP contribution in [0.3, 0.4) is 0 Å². The SMILES string of the molecule is COc1cc(NC(=O)S)ccc1-c1cnco1. The van der Waals surface area contributed by atoms with Gasteiger partial charge in [0, 0.05) is 11.8 Å². The van der Waals surface area contributed by atoms with E-state index in [2.05, 4.69) is 22.9 Å². The Labute approximate surface area is 103 Å². The molecule has 5 nitrogen and oxygen atoms in total. The fourth-order valence-electron chi connectivity index (χ4n) is 1.44. The van der Waals surface area contributed by atoms with Crippen molar-refractivity contribution in [3.05, 3.63) is 30.8 Å². The summed E-state index contributed by atoms with van der Waals surface area (Å²) in [6.07, 6.45) is 2.94. The molecule has 2 aromatic rings. The van der Waals surface area contributed by atoms with Gasteiger partial charge in [-0.25, -0.2) is 4.98 Å². The van der Waals surface area contributed by atoms with E-state index in [1.54, 1.807) is 31.5 Å². The molecule has 0 spiro atoms. The first-order valence-electron chi connectivity index (χ1n) is 4.77. The first-order valence-corrected chi connectivity index (χ1v) is 5.22. The molecule has 0 saturated carbocycles. The number of oxazole rings is 1. The first-order chi connectivity index (χ1) is 8.20. The summed E-state index contributed by atoms with van der Waals surface area (Å²) in [4.78, 5) is 14.7. The molecule has 0 radical (unpaired) electrons. The topological polar surface area (TPSA) is 64.4 Å². The number of carbonyl (C=O) groups is 1. The molecule has 1 aromatic carbocycles. The average Bonchev–Trinajstić information content (AvgIpc) is 2.81. The summed E-state index contributed by atoms with van der Waals surface area (Å²) in [5.41, 5.74) is 1.37. The van der Waals surface area contributed by atoms with Crippen molar-refractivity contribution < 1.29 is 13.9 Å². The van der Waals surface area contributed by atoms with Gasteiger partial charge in [-0.05, 0) is 12.1 Å². The highest BCUT2D eigenvalue weighted by molar-refractivity contribution is 7.96. The molecule has 0 aliphatic heterocycles. The zero-order valence-corrected chi connectivity index (χ0v) is 9.90. The zero-order chi connectivity index (χ0) is 12.3. The van der Waals surface area contributed by atoms with Crippen LogP contribution in [0.5, 0.6) is 5.75 Å². The summed E-state index contributed by atoms with van der Waals surface area (Å²) in [5, 5.41) is 2.12. The Morgan fingerprint density at radius 1 is 1.53 bits per heavy atom. The van der Waals surface area contributed by atoms with Crippen LogP contribution in [0, 0.1) is 0 Å². The van der Waals surface area contributed by atoms with Gasteiger partial charge in [0.05, 0.1) is 18.9 Å². The summed E-state index contributed by atoms with van der Waals surface area (Å²) in [5.74, 6) is 1.19. The minimum Gasteiger partial charge on any atom is -0.496 e. The van der Waals surface area contributed by atoms with Crippen LogP contribution in [0.2, 0.25) is 0 Å². The van der Waals surface area contributed by atoms with Crippen LogP contribution in [0.4, 0.5) is 10.5 Å².